The first-order valence-electron chi connectivity index (χ1n) is 9.09. The highest BCUT2D eigenvalue weighted by Crippen LogP contribution is 2.37. The molecule has 0 saturated heterocycles. The molecule has 0 aromatic carbocycles. The van der Waals surface area contributed by atoms with Gasteiger partial charge < -0.3 is 11.1 Å². The minimum absolute atomic E-state index is 0.475. The lowest BCUT2D eigenvalue weighted by atomic mass is 9.72. The highest BCUT2D eigenvalue weighted by molar-refractivity contribution is 4.84. The zero-order chi connectivity index (χ0) is 14.7. The van der Waals surface area contributed by atoms with E-state index >= 15 is 0 Å². The highest BCUT2D eigenvalue weighted by Gasteiger charge is 2.29. The van der Waals surface area contributed by atoms with Crippen LogP contribution in [0.15, 0.2) is 0 Å². The molecule has 0 heterocycles. The van der Waals surface area contributed by atoms with Crippen molar-refractivity contribution in [2.45, 2.75) is 84.5 Å². The molecule has 0 spiro atoms. The zero-order valence-electron chi connectivity index (χ0n) is 14.1. The molecular formula is C18H38N2. The molecule has 2 nitrogen and oxygen atoms in total. The summed E-state index contributed by atoms with van der Waals surface area (Å²) >= 11 is 0. The highest BCUT2D eigenvalue weighted by atomic mass is 14.8. The predicted molar refractivity (Wildman–Crippen MR) is 90.0 cm³/mol. The van der Waals surface area contributed by atoms with Crippen molar-refractivity contribution in [1.82, 2.24) is 5.32 Å². The summed E-state index contributed by atoms with van der Waals surface area (Å²) in [4.78, 5) is 0. The average molecular weight is 283 g/mol. The van der Waals surface area contributed by atoms with E-state index in [-0.39, 0.29) is 0 Å². The molecule has 0 atom stereocenters. The molecule has 1 aliphatic rings. The molecule has 2 heteroatoms. The van der Waals surface area contributed by atoms with Gasteiger partial charge in [-0.25, -0.2) is 0 Å². The van der Waals surface area contributed by atoms with Crippen LogP contribution < -0.4 is 11.1 Å². The van der Waals surface area contributed by atoms with Crippen LogP contribution in [0.1, 0.15) is 84.5 Å². The summed E-state index contributed by atoms with van der Waals surface area (Å²) in [6.45, 7) is 7.90. The summed E-state index contributed by atoms with van der Waals surface area (Å²) in [6, 6.07) is 0. The first-order valence-corrected chi connectivity index (χ1v) is 9.09. The third-order valence-corrected chi connectivity index (χ3v) is 5.06. The van der Waals surface area contributed by atoms with E-state index in [0.29, 0.717) is 5.41 Å². The lowest BCUT2D eigenvalue weighted by Gasteiger charge is -2.36. The lowest BCUT2D eigenvalue weighted by molar-refractivity contribution is 0.181. The van der Waals surface area contributed by atoms with Crippen molar-refractivity contribution in [3.8, 4) is 0 Å². The fraction of sp³-hybridized carbons (Fsp3) is 1.00. The van der Waals surface area contributed by atoms with Crippen molar-refractivity contribution < 1.29 is 0 Å². The van der Waals surface area contributed by atoms with E-state index in [2.05, 4.69) is 19.2 Å². The van der Waals surface area contributed by atoms with Gasteiger partial charge in [0.05, 0.1) is 0 Å². The van der Waals surface area contributed by atoms with Crippen LogP contribution in [0.4, 0.5) is 0 Å². The Balaban J connectivity index is 1.93. The van der Waals surface area contributed by atoms with E-state index < -0.39 is 0 Å². The quantitative estimate of drug-likeness (QED) is 0.548. The van der Waals surface area contributed by atoms with Crippen LogP contribution in [0, 0.1) is 11.3 Å². The predicted octanol–water partition coefficient (Wildman–Crippen LogP) is 4.48. The molecule has 0 aliphatic heterocycles. The fourth-order valence-electron chi connectivity index (χ4n) is 3.49. The van der Waals surface area contributed by atoms with Crippen LogP contribution in [-0.4, -0.2) is 19.6 Å². The topological polar surface area (TPSA) is 38.0 Å². The molecular weight excluding hydrogens is 244 g/mol. The molecule has 1 aliphatic carbocycles. The summed E-state index contributed by atoms with van der Waals surface area (Å²) < 4.78 is 0. The monoisotopic (exact) mass is 282 g/mol. The molecule has 120 valence electrons. The van der Waals surface area contributed by atoms with Gasteiger partial charge in [0.25, 0.3) is 0 Å². The molecule has 0 unspecified atom stereocenters. The minimum Gasteiger partial charge on any atom is -0.330 e. The first kappa shape index (κ1) is 18.0. The number of hydrogen-bond donors (Lipinski definition) is 2. The Labute approximate surface area is 127 Å². The average Bonchev–Trinajstić information content (AvgIpc) is 2.46. The second kappa shape index (κ2) is 10.6. The van der Waals surface area contributed by atoms with Crippen LogP contribution in [0.25, 0.3) is 0 Å². The maximum Gasteiger partial charge on any atom is -0.00201 e. The van der Waals surface area contributed by atoms with Gasteiger partial charge in [-0.1, -0.05) is 58.8 Å². The van der Waals surface area contributed by atoms with E-state index in [4.69, 9.17) is 5.73 Å². The molecule has 1 fully saturated rings. The third kappa shape index (κ3) is 7.64. The first-order chi connectivity index (χ1) is 9.68. The SMILES string of the molecule is CC(C)CCCCCCNCCC1(CN)CCCCC1. The molecule has 0 aromatic rings. The van der Waals surface area contributed by atoms with Crippen molar-refractivity contribution in [1.29, 1.82) is 0 Å². The minimum atomic E-state index is 0.475. The van der Waals surface area contributed by atoms with Crippen LogP contribution in [-0.2, 0) is 0 Å². The van der Waals surface area contributed by atoms with Crippen molar-refractivity contribution in [3.63, 3.8) is 0 Å². The van der Waals surface area contributed by atoms with Gasteiger partial charge in [-0.15, -0.1) is 0 Å². The molecule has 0 bridgehead atoms. The molecule has 3 N–H and O–H groups in total. The van der Waals surface area contributed by atoms with Crippen molar-refractivity contribution in [2.24, 2.45) is 17.1 Å². The van der Waals surface area contributed by atoms with Crippen molar-refractivity contribution in [3.05, 3.63) is 0 Å². The van der Waals surface area contributed by atoms with Gasteiger partial charge >= 0.3 is 0 Å². The van der Waals surface area contributed by atoms with Crippen molar-refractivity contribution >= 4 is 0 Å². The Kier molecular flexibility index (Phi) is 9.54. The Bertz CT molecular complexity index is 219. The van der Waals surface area contributed by atoms with Gasteiger partial charge in [-0.3, -0.25) is 0 Å². The van der Waals surface area contributed by atoms with Crippen LogP contribution in [0.5, 0.6) is 0 Å². The summed E-state index contributed by atoms with van der Waals surface area (Å²) in [7, 11) is 0. The van der Waals surface area contributed by atoms with Crippen LogP contribution >= 0.6 is 0 Å². The maximum atomic E-state index is 6.03. The Morgan fingerprint density at radius 1 is 0.950 bits per heavy atom. The van der Waals surface area contributed by atoms with Gasteiger partial charge in [0.15, 0.2) is 0 Å². The lowest BCUT2D eigenvalue weighted by Crippen LogP contribution is -2.36. The third-order valence-electron chi connectivity index (χ3n) is 5.06. The normalized spacial score (nSPS) is 18.6. The molecule has 1 rings (SSSR count). The van der Waals surface area contributed by atoms with E-state index in [9.17, 15) is 0 Å². The number of nitrogens with one attached hydrogen (secondary N) is 1. The summed E-state index contributed by atoms with van der Waals surface area (Å²) in [5.41, 5.74) is 6.51. The van der Waals surface area contributed by atoms with Gasteiger partial charge in [0, 0.05) is 0 Å². The van der Waals surface area contributed by atoms with Gasteiger partial charge in [0.2, 0.25) is 0 Å². The molecule has 0 radical (unpaired) electrons. The van der Waals surface area contributed by atoms with Gasteiger partial charge in [-0.2, -0.15) is 0 Å². The largest absolute Gasteiger partial charge is 0.330 e. The number of nitrogens with two attached hydrogens (primary N) is 1. The fourth-order valence-corrected chi connectivity index (χ4v) is 3.49. The Morgan fingerprint density at radius 2 is 1.65 bits per heavy atom. The molecule has 0 aromatic heterocycles. The summed E-state index contributed by atoms with van der Waals surface area (Å²) in [5.74, 6) is 0.871. The van der Waals surface area contributed by atoms with E-state index in [0.717, 1.165) is 12.5 Å². The van der Waals surface area contributed by atoms with Crippen LogP contribution in [0.3, 0.4) is 0 Å². The number of hydrogen-bond acceptors (Lipinski definition) is 2. The zero-order valence-corrected chi connectivity index (χ0v) is 14.1. The second-order valence-corrected chi connectivity index (χ2v) is 7.36. The standard InChI is InChI=1S/C18H38N2/c1-17(2)10-6-3-4-9-14-20-15-13-18(16-19)11-7-5-8-12-18/h17,20H,3-16,19H2,1-2H3. The van der Waals surface area contributed by atoms with Crippen LogP contribution in [0.2, 0.25) is 0 Å². The molecule has 20 heavy (non-hydrogen) atoms. The van der Waals surface area contributed by atoms with Gasteiger partial charge in [0.1, 0.15) is 0 Å². The van der Waals surface area contributed by atoms with E-state index in [1.54, 1.807) is 0 Å². The van der Waals surface area contributed by atoms with Gasteiger partial charge in [-0.05, 0) is 56.7 Å². The Morgan fingerprint density at radius 3 is 2.30 bits per heavy atom. The molecule has 1 saturated carbocycles. The second-order valence-electron chi connectivity index (χ2n) is 7.36. The smallest absolute Gasteiger partial charge is 0.00201 e. The van der Waals surface area contributed by atoms with E-state index in [1.807, 2.05) is 0 Å². The molecule has 0 amide bonds. The van der Waals surface area contributed by atoms with E-state index in [1.165, 1.54) is 83.7 Å². The summed E-state index contributed by atoms with van der Waals surface area (Å²) in [5, 5.41) is 3.64. The summed E-state index contributed by atoms with van der Waals surface area (Å²) in [6.07, 6.45) is 15.2. The Hall–Kier alpha value is -0.0800. The number of rotatable bonds is 11. The number of unbranched alkanes of at least 4 members (excludes halogenated alkanes) is 3. The maximum absolute atomic E-state index is 6.03. The van der Waals surface area contributed by atoms with Crippen molar-refractivity contribution in [2.75, 3.05) is 19.6 Å².